The second-order valence-electron chi connectivity index (χ2n) is 6.29. The number of ether oxygens (including phenoxy) is 2. The molecule has 2 fully saturated rings. The van der Waals surface area contributed by atoms with Crippen LogP contribution in [-0.4, -0.2) is 47.7 Å². The van der Waals surface area contributed by atoms with Gasteiger partial charge in [-0.3, -0.25) is 9.59 Å². The molecule has 5 atom stereocenters. The van der Waals surface area contributed by atoms with E-state index in [4.69, 9.17) is 9.47 Å². The Balaban J connectivity index is 1.85. The van der Waals surface area contributed by atoms with Gasteiger partial charge in [0.2, 0.25) is 5.91 Å². The summed E-state index contributed by atoms with van der Waals surface area (Å²) < 4.78 is 11.3. The van der Waals surface area contributed by atoms with Crippen LogP contribution in [0.25, 0.3) is 0 Å². The number of fused-ring (bicyclic) bond motifs is 1. The summed E-state index contributed by atoms with van der Waals surface area (Å²) in [5.41, 5.74) is -0.610. The minimum Gasteiger partial charge on any atom is -0.465 e. The Morgan fingerprint density at radius 2 is 2.33 bits per heavy atom. The first-order chi connectivity index (χ1) is 10.0. The van der Waals surface area contributed by atoms with Crippen LogP contribution < -0.4 is 0 Å². The summed E-state index contributed by atoms with van der Waals surface area (Å²) in [7, 11) is 0. The first kappa shape index (κ1) is 14.6. The summed E-state index contributed by atoms with van der Waals surface area (Å²) in [6.07, 6.45) is 5.27. The van der Waals surface area contributed by atoms with E-state index >= 15 is 0 Å². The van der Waals surface area contributed by atoms with Gasteiger partial charge in [0.25, 0.3) is 0 Å². The molecule has 21 heavy (non-hydrogen) atoms. The van der Waals surface area contributed by atoms with Crippen molar-refractivity contribution in [2.45, 2.75) is 51.4 Å². The molecule has 0 aliphatic carbocycles. The number of carbonyl (C=O) groups is 2. The van der Waals surface area contributed by atoms with Crippen molar-refractivity contribution in [3.63, 3.8) is 0 Å². The minimum atomic E-state index is -0.610. The molecule has 0 aromatic rings. The van der Waals surface area contributed by atoms with Gasteiger partial charge in [0.1, 0.15) is 11.5 Å². The van der Waals surface area contributed by atoms with Crippen LogP contribution in [-0.2, 0) is 19.1 Å². The topological polar surface area (TPSA) is 55.8 Å². The number of hydrogen-bond donors (Lipinski definition) is 0. The van der Waals surface area contributed by atoms with Crippen molar-refractivity contribution in [3.8, 4) is 0 Å². The van der Waals surface area contributed by atoms with Crippen molar-refractivity contribution in [1.29, 1.82) is 0 Å². The fourth-order valence-corrected chi connectivity index (χ4v) is 3.69. The summed E-state index contributed by atoms with van der Waals surface area (Å²) in [6.45, 7) is 7.00. The Kier molecular flexibility index (Phi) is 3.56. The van der Waals surface area contributed by atoms with Gasteiger partial charge in [-0.1, -0.05) is 26.0 Å². The van der Waals surface area contributed by atoms with Crippen molar-refractivity contribution in [2.24, 2.45) is 11.8 Å². The third-order valence-electron chi connectivity index (χ3n) is 4.97. The second kappa shape index (κ2) is 5.13. The molecule has 116 valence electrons. The number of nitrogens with zero attached hydrogens (tertiary/aromatic N) is 1. The molecule has 3 aliphatic rings. The Labute approximate surface area is 125 Å². The lowest BCUT2D eigenvalue weighted by Gasteiger charge is -2.26. The van der Waals surface area contributed by atoms with E-state index in [0.717, 1.165) is 12.8 Å². The first-order valence-electron chi connectivity index (χ1n) is 7.88. The van der Waals surface area contributed by atoms with E-state index in [2.05, 4.69) is 6.92 Å². The molecule has 2 saturated heterocycles. The molecular weight excluding hydrogens is 270 g/mol. The number of hydrogen-bond acceptors (Lipinski definition) is 4. The van der Waals surface area contributed by atoms with Crippen molar-refractivity contribution in [2.75, 3.05) is 13.2 Å². The van der Waals surface area contributed by atoms with E-state index < -0.39 is 17.4 Å². The van der Waals surface area contributed by atoms with Gasteiger partial charge >= 0.3 is 5.97 Å². The van der Waals surface area contributed by atoms with Gasteiger partial charge in [0.15, 0.2) is 0 Å². The maximum Gasteiger partial charge on any atom is 0.312 e. The molecule has 2 unspecified atom stereocenters. The highest BCUT2D eigenvalue weighted by molar-refractivity contribution is 5.91. The van der Waals surface area contributed by atoms with E-state index in [-0.39, 0.29) is 24.0 Å². The highest BCUT2D eigenvalue weighted by atomic mass is 16.6. The van der Waals surface area contributed by atoms with Crippen LogP contribution in [0.1, 0.15) is 33.6 Å². The average molecular weight is 293 g/mol. The van der Waals surface area contributed by atoms with Crippen molar-refractivity contribution < 1.29 is 19.1 Å². The summed E-state index contributed by atoms with van der Waals surface area (Å²) in [6, 6.07) is 0.167. The Morgan fingerprint density at radius 1 is 1.57 bits per heavy atom. The molecule has 0 saturated carbocycles. The van der Waals surface area contributed by atoms with Gasteiger partial charge in [-0.15, -0.1) is 0 Å². The predicted octanol–water partition coefficient (Wildman–Crippen LogP) is 1.52. The number of amides is 1. The van der Waals surface area contributed by atoms with Gasteiger partial charge in [0.05, 0.1) is 25.2 Å². The molecule has 2 bridgehead atoms. The predicted molar refractivity (Wildman–Crippen MR) is 76.4 cm³/mol. The van der Waals surface area contributed by atoms with Crippen LogP contribution in [0.3, 0.4) is 0 Å². The monoisotopic (exact) mass is 293 g/mol. The molecule has 1 spiro atoms. The standard InChI is InChI=1S/C16H23NO4/c1-4-8-20-15(19)12-11-6-7-16(21-11)9-17(10(3)5-2)14(18)13(12)16/h6-7,10-13H,4-5,8-9H2,1-3H3/t10?,11-,12?,13-,16+/m0/s1. The first-order valence-corrected chi connectivity index (χ1v) is 7.88. The SMILES string of the molecule is CCCOC(=O)C1[C@@H]2C=C[C@]3(CN(C(C)CC)C(=O)[C@H]13)O2. The molecule has 3 heterocycles. The van der Waals surface area contributed by atoms with E-state index in [1.54, 1.807) is 0 Å². The van der Waals surface area contributed by atoms with Gasteiger partial charge in [-0.2, -0.15) is 0 Å². The zero-order chi connectivity index (χ0) is 15.2. The van der Waals surface area contributed by atoms with Gasteiger partial charge in [0, 0.05) is 6.04 Å². The number of likely N-dealkylation sites (tertiary alicyclic amines) is 1. The number of carbonyl (C=O) groups excluding carboxylic acids is 2. The van der Waals surface area contributed by atoms with E-state index in [0.29, 0.717) is 13.2 Å². The molecule has 5 nitrogen and oxygen atoms in total. The van der Waals surface area contributed by atoms with Gasteiger partial charge < -0.3 is 14.4 Å². The van der Waals surface area contributed by atoms with E-state index in [1.165, 1.54) is 0 Å². The largest absolute Gasteiger partial charge is 0.465 e. The van der Waals surface area contributed by atoms with Crippen molar-refractivity contribution in [1.82, 2.24) is 4.90 Å². The van der Waals surface area contributed by atoms with Crippen LogP contribution in [0.4, 0.5) is 0 Å². The number of rotatable bonds is 5. The molecule has 0 radical (unpaired) electrons. The Hall–Kier alpha value is -1.36. The third-order valence-corrected chi connectivity index (χ3v) is 4.97. The Morgan fingerprint density at radius 3 is 3.00 bits per heavy atom. The molecule has 3 rings (SSSR count). The molecule has 5 heteroatoms. The molecule has 0 N–H and O–H groups in total. The summed E-state index contributed by atoms with van der Waals surface area (Å²) in [5.74, 6) is -1.15. The number of esters is 1. The average Bonchev–Trinajstić information content (AvgIpc) is 3.12. The molecule has 0 aromatic carbocycles. The minimum absolute atomic E-state index is 0.0367. The van der Waals surface area contributed by atoms with Crippen LogP contribution in [0.15, 0.2) is 12.2 Å². The van der Waals surface area contributed by atoms with Crippen LogP contribution in [0, 0.1) is 11.8 Å². The lowest BCUT2D eigenvalue weighted by molar-refractivity contribution is -0.154. The second-order valence-corrected chi connectivity index (χ2v) is 6.29. The van der Waals surface area contributed by atoms with Gasteiger partial charge in [-0.05, 0) is 19.8 Å². The summed E-state index contributed by atoms with van der Waals surface area (Å²) >= 11 is 0. The fourth-order valence-electron chi connectivity index (χ4n) is 3.69. The lowest BCUT2D eigenvalue weighted by Crippen LogP contribution is -2.41. The normalized spacial score (nSPS) is 38.0. The smallest absolute Gasteiger partial charge is 0.312 e. The van der Waals surface area contributed by atoms with Gasteiger partial charge in [-0.25, -0.2) is 0 Å². The zero-order valence-corrected chi connectivity index (χ0v) is 12.9. The highest BCUT2D eigenvalue weighted by Crippen LogP contribution is 2.52. The molecule has 3 aliphatic heterocycles. The van der Waals surface area contributed by atoms with Crippen LogP contribution in [0.2, 0.25) is 0 Å². The quantitative estimate of drug-likeness (QED) is 0.569. The maximum absolute atomic E-state index is 12.8. The summed E-state index contributed by atoms with van der Waals surface area (Å²) in [5, 5.41) is 0. The molecule has 0 aromatic heterocycles. The van der Waals surface area contributed by atoms with Crippen molar-refractivity contribution in [3.05, 3.63) is 12.2 Å². The maximum atomic E-state index is 12.8. The Bertz CT molecular complexity index is 489. The van der Waals surface area contributed by atoms with E-state index in [9.17, 15) is 9.59 Å². The van der Waals surface area contributed by atoms with E-state index in [1.807, 2.05) is 30.9 Å². The summed E-state index contributed by atoms with van der Waals surface area (Å²) in [4.78, 5) is 26.9. The third kappa shape index (κ3) is 2.01. The molecular formula is C16H23NO4. The zero-order valence-electron chi connectivity index (χ0n) is 12.9. The van der Waals surface area contributed by atoms with Crippen molar-refractivity contribution >= 4 is 11.9 Å². The fraction of sp³-hybridized carbons (Fsp3) is 0.750. The molecule has 1 amide bonds. The van der Waals surface area contributed by atoms with Crippen LogP contribution in [0.5, 0.6) is 0 Å². The highest BCUT2D eigenvalue weighted by Gasteiger charge is 2.67. The van der Waals surface area contributed by atoms with Crippen LogP contribution >= 0.6 is 0 Å². The lowest BCUT2D eigenvalue weighted by atomic mass is 9.77.